The van der Waals surface area contributed by atoms with Gasteiger partial charge in [0.2, 0.25) is 0 Å². The van der Waals surface area contributed by atoms with Gasteiger partial charge in [-0.25, -0.2) is 4.98 Å². The third-order valence-corrected chi connectivity index (χ3v) is 3.79. The largest absolute Gasteiger partial charge is 0.417 e. The summed E-state index contributed by atoms with van der Waals surface area (Å²) in [5.41, 5.74) is -0.833. The standard InChI is InChI=1S/C13H17ClF3N3/c1-9(20-4-2-3-5-20)7-18-12-11(14)6-10(8-19-12)13(15,16)17/h6,8-9H,2-5,7H2,1H3,(H,18,19). The highest BCUT2D eigenvalue weighted by molar-refractivity contribution is 6.32. The van der Waals surface area contributed by atoms with Crippen LogP contribution in [0.3, 0.4) is 0 Å². The zero-order valence-corrected chi connectivity index (χ0v) is 11.9. The van der Waals surface area contributed by atoms with E-state index in [-0.39, 0.29) is 5.02 Å². The van der Waals surface area contributed by atoms with Gasteiger partial charge in [-0.15, -0.1) is 0 Å². The number of pyridine rings is 1. The van der Waals surface area contributed by atoms with Gasteiger partial charge in [0.25, 0.3) is 0 Å². The molecule has 2 rings (SSSR count). The Hall–Kier alpha value is -1.01. The molecule has 1 aliphatic heterocycles. The molecule has 1 aliphatic rings. The molecule has 2 heterocycles. The summed E-state index contributed by atoms with van der Waals surface area (Å²) in [5, 5.41) is 3.01. The number of nitrogens with one attached hydrogen (secondary N) is 1. The molecule has 1 saturated heterocycles. The number of hydrogen-bond acceptors (Lipinski definition) is 3. The van der Waals surface area contributed by atoms with Gasteiger partial charge >= 0.3 is 6.18 Å². The Morgan fingerprint density at radius 1 is 1.40 bits per heavy atom. The average molecular weight is 308 g/mol. The summed E-state index contributed by atoms with van der Waals surface area (Å²) < 4.78 is 37.5. The summed E-state index contributed by atoms with van der Waals surface area (Å²) in [7, 11) is 0. The number of nitrogens with zero attached hydrogens (tertiary/aromatic N) is 2. The molecule has 1 aromatic rings. The van der Waals surface area contributed by atoms with Crippen LogP contribution in [-0.2, 0) is 6.18 Å². The van der Waals surface area contributed by atoms with Crippen LogP contribution in [0.4, 0.5) is 19.0 Å². The van der Waals surface area contributed by atoms with Crippen molar-refractivity contribution in [3.05, 3.63) is 22.8 Å². The summed E-state index contributed by atoms with van der Waals surface area (Å²) in [5.74, 6) is 0.297. The summed E-state index contributed by atoms with van der Waals surface area (Å²) >= 11 is 5.84. The number of hydrogen-bond donors (Lipinski definition) is 1. The van der Waals surface area contributed by atoms with Crippen molar-refractivity contribution in [3.63, 3.8) is 0 Å². The first-order chi connectivity index (χ1) is 9.38. The zero-order valence-electron chi connectivity index (χ0n) is 11.2. The lowest BCUT2D eigenvalue weighted by Gasteiger charge is -2.24. The van der Waals surface area contributed by atoms with Gasteiger partial charge in [-0.2, -0.15) is 13.2 Å². The molecule has 7 heteroatoms. The fourth-order valence-electron chi connectivity index (χ4n) is 2.28. The first-order valence-electron chi connectivity index (χ1n) is 6.58. The van der Waals surface area contributed by atoms with Crippen molar-refractivity contribution in [2.24, 2.45) is 0 Å². The second-order valence-electron chi connectivity index (χ2n) is 5.03. The van der Waals surface area contributed by atoms with E-state index in [4.69, 9.17) is 11.6 Å². The molecule has 20 heavy (non-hydrogen) atoms. The van der Waals surface area contributed by atoms with E-state index in [1.807, 2.05) is 0 Å². The van der Waals surface area contributed by atoms with Gasteiger partial charge in [-0.3, -0.25) is 4.90 Å². The minimum Gasteiger partial charge on any atom is -0.367 e. The molecule has 0 spiro atoms. The van der Waals surface area contributed by atoms with E-state index in [0.29, 0.717) is 18.4 Å². The fourth-order valence-corrected chi connectivity index (χ4v) is 2.51. The van der Waals surface area contributed by atoms with E-state index in [0.717, 1.165) is 25.4 Å². The number of aromatic nitrogens is 1. The Bertz CT molecular complexity index is 459. The van der Waals surface area contributed by atoms with Crippen molar-refractivity contribution in [2.45, 2.75) is 32.0 Å². The van der Waals surface area contributed by atoms with E-state index < -0.39 is 11.7 Å². The van der Waals surface area contributed by atoms with Gasteiger partial charge in [0.1, 0.15) is 5.82 Å². The van der Waals surface area contributed by atoms with Crippen LogP contribution < -0.4 is 5.32 Å². The van der Waals surface area contributed by atoms with Crippen molar-refractivity contribution >= 4 is 17.4 Å². The Balaban J connectivity index is 1.96. The minimum atomic E-state index is -4.42. The smallest absolute Gasteiger partial charge is 0.367 e. The average Bonchev–Trinajstić information content (AvgIpc) is 2.89. The molecule has 0 aromatic carbocycles. The van der Waals surface area contributed by atoms with E-state index in [9.17, 15) is 13.2 Å². The monoisotopic (exact) mass is 307 g/mol. The topological polar surface area (TPSA) is 28.2 Å². The predicted octanol–water partition coefficient (Wildman–Crippen LogP) is 3.65. The molecule has 0 bridgehead atoms. The second-order valence-corrected chi connectivity index (χ2v) is 5.43. The summed E-state index contributed by atoms with van der Waals surface area (Å²) in [6.45, 7) is 4.82. The van der Waals surface area contributed by atoms with Crippen LogP contribution in [0, 0.1) is 0 Å². The van der Waals surface area contributed by atoms with Crippen LogP contribution in [0.25, 0.3) is 0 Å². The lowest BCUT2D eigenvalue weighted by molar-refractivity contribution is -0.137. The van der Waals surface area contributed by atoms with Crippen molar-refractivity contribution in [3.8, 4) is 0 Å². The number of rotatable bonds is 4. The number of likely N-dealkylation sites (tertiary alicyclic amines) is 1. The summed E-state index contributed by atoms with van der Waals surface area (Å²) in [4.78, 5) is 6.10. The molecule has 112 valence electrons. The van der Waals surface area contributed by atoms with Crippen LogP contribution in [0.5, 0.6) is 0 Å². The summed E-state index contributed by atoms with van der Waals surface area (Å²) in [6.07, 6.45) is -1.22. The van der Waals surface area contributed by atoms with Crippen LogP contribution in [-0.4, -0.2) is 35.6 Å². The molecule has 1 N–H and O–H groups in total. The highest BCUT2D eigenvalue weighted by Crippen LogP contribution is 2.32. The van der Waals surface area contributed by atoms with E-state index in [2.05, 4.69) is 22.1 Å². The first-order valence-corrected chi connectivity index (χ1v) is 6.96. The third kappa shape index (κ3) is 3.76. The molecular formula is C13H17ClF3N3. The molecule has 0 saturated carbocycles. The van der Waals surface area contributed by atoms with Crippen LogP contribution in [0.1, 0.15) is 25.3 Å². The van der Waals surface area contributed by atoms with Gasteiger partial charge in [0.05, 0.1) is 10.6 Å². The van der Waals surface area contributed by atoms with Crippen molar-refractivity contribution in [1.82, 2.24) is 9.88 Å². The zero-order chi connectivity index (χ0) is 14.8. The van der Waals surface area contributed by atoms with Crippen LogP contribution >= 0.6 is 11.6 Å². The maximum Gasteiger partial charge on any atom is 0.417 e. The molecule has 1 atom stereocenters. The molecule has 3 nitrogen and oxygen atoms in total. The Kier molecular flexibility index (Phi) is 4.75. The Morgan fingerprint density at radius 3 is 2.60 bits per heavy atom. The molecule has 1 unspecified atom stereocenters. The number of alkyl halides is 3. The lowest BCUT2D eigenvalue weighted by atomic mass is 10.2. The third-order valence-electron chi connectivity index (χ3n) is 3.50. The minimum absolute atomic E-state index is 0.00607. The molecular weight excluding hydrogens is 291 g/mol. The van der Waals surface area contributed by atoms with Crippen molar-refractivity contribution in [2.75, 3.05) is 25.0 Å². The number of anilines is 1. The highest BCUT2D eigenvalue weighted by atomic mass is 35.5. The normalized spacial score (nSPS) is 18.2. The first kappa shape index (κ1) is 15.4. The lowest BCUT2D eigenvalue weighted by Crippen LogP contribution is -2.35. The Labute approximate surface area is 121 Å². The molecule has 1 aromatic heterocycles. The van der Waals surface area contributed by atoms with Crippen LogP contribution in [0.15, 0.2) is 12.3 Å². The summed E-state index contributed by atoms with van der Waals surface area (Å²) in [6, 6.07) is 1.20. The van der Waals surface area contributed by atoms with Crippen molar-refractivity contribution < 1.29 is 13.2 Å². The quantitative estimate of drug-likeness (QED) is 0.920. The second kappa shape index (κ2) is 6.18. The maximum absolute atomic E-state index is 12.5. The van der Waals surface area contributed by atoms with Gasteiger partial charge < -0.3 is 5.32 Å². The predicted molar refractivity (Wildman–Crippen MR) is 73.0 cm³/mol. The van der Waals surface area contributed by atoms with Gasteiger partial charge in [0.15, 0.2) is 0 Å². The van der Waals surface area contributed by atoms with Crippen LogP contribution in [0.2, 0.25) is 5.02 Å². The SMILES string of the molecule is CC(CNc1ncc(C(F)(F)F)cc1Cl)N1CCCC1. The maximum atomic E-state index is 12.5. The Morgan fingerprint density at radius 2 is 2.05 bits per heavy atom. The molecule has 0 aliphatic carbocycles. The van der Waals surface area contributed by atoms with Gasteiger partial charge in [-0.1, -0.05) is 11.6 Å². The van der Waals surface area contributed by atoms with E-state index in [1.54, 1.807) is 0 Å². The van der Waals surface area contributed by atoms with Gasteiger partial charge in [-0.05, 0) is 38.9 Å². The number of halogens is 4. The molecule has 1 fully saturated rings. The fraction of sp³-hybridized carbons (Fsp3) is 0.615. The molecule has 0 amide bonds. The van der Waals surface area contributed by atoms with E-state index in [1.165, 1.54) is 12.8 Å². The van der Waals surface area contributed by atoms with Gasteiger partial charge in [0, 0.05) is 18.8 Å². The highest BCUT2D eigenvalue weighted by Gasteiger charge is 2.31. The van der Waals surface area contributed by atoms with Crippen molar-refractivity contribution in [1.29, 1.82) is 0 Å². The van der Waals surface area contributed by atoms with E-state index >= 15 is 0 Å². The molecule has 0 radical (unpaired) electrons.